The van der Waals surface area contributed by atoms with Crippen LogP contribution in [-0.4, -0.2) is 57.4 Å². The van der Waals surface area contributed by atoms with Crippen molar-refractivity contribution in [3.63, 3.8) is 0 Å². The van der Waals surface area contributed by atoms with E-state index in [0.29, 0.717) is 36.0 Å². The number of nitrogens with two attached hydrogens (primary N) is 1. The van der Waals surface area contributed by atoms with E-state index in [0.717, 1.165) is 24.6 Å². The molecule has 146 valence electrons. The number of hydrogen-bond acceptors (Lipinski definition) is 6. The molecule has 0 spiro atoms. The summed E-state index contributed by atoms with van der Waals surface area (Å²) in [6.45, 7) is 0.492. The maximum absolute atomic E-state index is 11.8. The lowest BCUT2D eigenvalue weighted by atomic mass is 10.1. The molecule has 0 radical (unpaired) electrons. The zero-order valence-electron chi connectivity index (χ0n) is 14.9. The van der Waals surface area contributed by atoms with Gasteiger partial charge in [0.15, 0.2) is 5.65 Å². The predicted molar refractivity (Wildman–Crippen MR) is 95.6 cm³/mol. The molecule has 1 aliphatic heterocycles. The summed E-state index contributed by atoms with van der Waals surface area (Å²) in [4.78, 5) is 9.90. The number of ether oxygens (including phenoxy) is 1. The SMILES string of the molecule is COc1cccc2c1nc(N)n1ncnc21.FC(F)(F)CN1CCCCC1. The number of nitrogen functional groups attached to an aromatic ring is 1. The minimum atomic E-state index is -4.02. The first kappa shape index (κ1) is 19.2. The van der Waals surface area contributed by atoms with Gasteiger partial charge in [-0.05, 0) is 38.1 Å². The van der Waals surface area contributed by atoms with Crippen LogP contribution in [0.15, 0.2) is 24.5 Å². The van der Waals surface area contributed by atoms with Crippen LogP contribution in [0, 0.1) is 0 Å². The van der Waals surface area contributed by atoms with Crippen molar-refractivity contribution in [2.75, 3.05) is 32.5 Å². The maximum atomic E-state index is 11.8. The van der Waals surface area contributed by atoms with Gasteiger partial charge in [-0.1, -0.05) is 12.5 Å². The molecule has 0 bridgehead atoms. The van der Waals surface area contributed by atoms with Gasteiger partial charge in [-0.15, -0.1) is 0 Å². The molecule has 1 saturated heterocycles. The van der Waals surface area contributed by atoms with Gasteiger partial charge in [-0.2, -0.15) is 22.8 Å². The number of methoxy groups -OCH3 is 1. The van der Waals surface area contributed by atoms with Gasteiger partial charge in [0, 0.05) is 5.39 Å². The average molecular weight is 382 g/mol. The largest absolute Gasteiger partial charge is 0.494 e. The topological polar surface area (TPSA) is 81.6 Å². The quantitative estimate of drug-likeness (QED) is 0.734. The van der Waals surface area contributed by atoms with Crippen LogP contribution in [0.4, 0.5) is 19.1 Å². The van der Waals surface area contributed by atoms with E-state index >= 15 is 0 Å². The second-order valence-corrected chi connectivity index (χ2v) is 6.27. The summed E-state index contributed by atoms with van der Waals surface area (Å²) in [5, 5.41) is 4.87. The first-order chi connectivity index (χ1) is 12.9. The number of fused-ring (bicyclic) bond motifs is 3. The van der Waals surface area contributed by atoms with Crippen molar-refractivity contribution in [3.05, 3.63) is 24.5 Å². The minimum Gasteiger partial charge on any atom is -0.494 e. The van der Waals surface area contributed by atoms with Crippen LogP contribution in [0.25, 0.3) is 16.6 Å². The van der Waals surface area contributed by atoms with E-state index in [4.69, 9.17) is 10.5 Å². The Labute approximate surface area is 153 Å². The molecule has 0 unspecified atom stereocenters. The monoisotopic (exact) mass is 382 g/mol. The molecule has 0 amide bonds. The first-order valence-electron chi connectivity index (χ1n) is 8.60. The van der Waals surface area contributed by atoms with E-state index in [-0.39, 0.29) is 0 Å². The Hall–Kier alpha value is -2.62. The zero-order chi connectivity index (χ0) is 19.4. The highest BCUT2D eigenvalue weighted by Crippen LogP contribution is 2.26. The fourth-order valence-corrected chi connectivity index (χ4v) is 3.11. The van der Waals surface area contributed by atoms with Gasteiger partial charge in [0.1, 0.15) is 17.6 Å². The number of anilines is 1. The second-order valence-electron chi connectivity index (χ2n) is 6.27. The lowest BCUT2D eigenvalue weighted by Gasteiger charge is -2.26. The highest BCUT2D eigenvalue weighted by Gasteiger charge is 2.30. The molecule has 3 aromatic rings. The maximum Gasteiger partial charge on any atom is 0.401 e. The lowest BCUT2D eigenvalue weighted by molar-refractivity contribution is -0.147. The van der Waals surface area contributed by atoms with Gasteiger partial charge in [0.2, 0.25) is 5.95 Å². The van der Waals surface area contributed by atoms with Gasteiger partial charge >= 0.3 is 6.18 Å². The highest BCUT2D eigenvalue weighted by molar-refractivity contribution is 5.95. The fraction of sp³-hybridized carbons (Fsp3) is 0.471. The summed E-state index contributed by atoms with van der Waals surface area (Å²) in [5.41, 5.74) is 7.16. The molecule has 27 heavy (non-hydrogen) atoms. The molecule has 2 aromatic heterocycles. The normalized spacial score (nSPS) is 15.6. The molecule has 0 saturated carbocycles. The summed E-state index contributed by atoms with van der Waals surface area (Å²) in [6.07, 6.45) is 0.337. The van der Waals surface area contributed by atoms with Crippen LogP contribution >= 0.6 is 0 Å². The molecule has 2 N–H and O–H groups in total. The fourth-order valence-electron chi connectivity index (χ4n) is 3.11. The van der Waals surface area contributed by atoms with Crippen LogP contribution in [0.1, 0.15) is 19.3 Å². The number of para-hydroxylation sites is 1. The van der Waals surface area contributed by atoms with Gasteiger partial charge in [-0.25, -0.2) is 9.97 Å². The Balaban J connectivity index is 0.000000168. The number of hydrogen-bond donors (Lipinski definition) is 1. The van der Waals surface area contributed by atoms with E-state index in [9.17, 15) is 13.2 Å². The standard InChI is InChI=1S/C10H9N5O.C7H12F3N/c1-16-7-4-2-3-6-8(7)14-10(11)15-9(6)12-5-13-15;8-7(9,10)6-11-4-2-1-3-5-11/h2-5H,1H3,(H2,11,14);1-6H2. The van der Waals surface area contributed by atoms with Crippen molar-refractivity contribution in [1.82, 2.24) is 24.5 Å². The van der Waals surface area contributed by atoms with Crippen molar-refractivity contribution in [2.45, 2.75) is 25.4 Å². The van der Waals surface area contributed by atoms with Crippen molar-refractivity contribution in [2.24, 2.45) is 0 Å². The molecule has 0 aliphatic carbocycles. The highest BCUT2D eigenvalue weighted by atomic mass is 19.4. The Bertz CT molecular complexity index is 905. The second kappa shape index (κ2) is 7.95. The molecule has 1 aromatic carbocycles. The van der Waals surface area contributed by atoms with E-state index in [2.05, 4.69) is 15.1 Å². The van der Waals surface area contributed by atoms with Crippen LogP contribution in [0.5, 0.6) is 5.75 Å². The molecule has 1 aliphatic rings. The van der Waals surface area contributed by atoms with Crippen molar-refractivity contribution < 1.29 is 17.9 Å². The molecule has 0 atom stereocenters. The molecule has 3 heterocycles. The molecule has 10 heteroatoms. The van der Waals surface area contributed by atoms with Gasteiger partial charge in [0.25, 0.3) is 0 Å². The Morgan fingerprint density at radius 2 is 1.93 bits per heavy atom. The number of alkyl halides is 3. The van der Waals surface area contributed by atoms with Crippen molar-refractivity contribution >= 4 is 22.5 Å². The van der Waals surface area contributed by atoms with Crippen LogP contribution in [-0.2, 0) is 0 Å². The Kier molecular flexibility index (Phi) is 5.64. The summed E-state index contributed by atoms with van der Waals surface area (Å²) < 4.78 is 42.1. The van der Waals surface area contributed by atoms with Crippen molar-refractivity contribution in [3.8, 4) is 5.75 Å². The zero-order valence-corrected chi connectivity index (χ0v) is 14.9. The van der Waals surface area contributed by atoms with Gasteiger partial charge in [0.05, 0.1) is 13.7 Å². The molecular weight excluding hydrogens is 361 g/mol. The third kappa shape index (κ3) is 4.57. The first-order valence-corrected chi connectivity index (χ1v) is 8.60. The number of aromatic nitrogens is 4. The summed E-state index contributed by atoms with van der Waals surface area (Å²) in [6, 6.07) is 5.63. The predicted octanol–water partition coefficient (Wildman–Crippen LogP) is 2.90. The van der Waals surface area contributed by atoms with Gasteiger partial charge in [-0.3, -0.25) is 4.90 Å². The third-order valence-corrected chi connectivity index (χ3v) is 4.30. The number of piperidine rings is 1. The summed E-state index contributed by atoms with van der Waals surface area (Å²) in [7, 11) is 1.60. The smallest absolute Gasteiger partial charge is 0.401 e. The Morgan fingerprint density at radius 1 is 1.19 bits per heavy atom. The number of halogens is 3. The van der Waals surface area contributed by atoms with E-state index in [1.807, 2.05) is 18.2 Å². The Morgan fingerprint density at radius 3 is 2.59 bits per heavy atom. The van der Waals surface area contributed by atoms with E-state index < -0.39 is 12.7 Å². The average Bonchev–Trinajstić information content (AvgIpc) is 3.12. The summed E-state index contributed by atoms with van der Waals surface area (Å²) in [5.74, 6) is 0.971. The van der Waals surface area contributed by atoms with Crippen molar-refractivity contribution in [1.29, 1.82) is 0 Å². The molecular formula is C17H21F3N6O. The van der Waals surface area contributed by atoms with Crippen LogP contribution in [0.3, 0.4) is 0 Å². The van der Waals surface area contributed by atoms with E-state index in [1.54, 1.807) is 7.11 Å². The minimum absolute atomic E-state index is 0.296. The number of benzene rings is 1. The third-order valence-electron chi connectivity index (χ3n) is 4.30. The number of rotatable bonds is 2. The molecule has 7 nitrogen and oxygen atoms in total. The van der Waals surface area contributed by atoms with Crippen LogP contribution < -0.4 is 10.5 Å². The number of nitrogens with zero attached hydrogens (tertiary/aromatic N) is 5. The molecule has 1 fully saturated rings. The van der Waals surface area contributed by atoms with Gasteiger partial charge < -0.3 is 10.5 Å². The lowest BCUT2D eigenvalue weighted by Crippen LogP contribution is -2.37. The van der Waals surface area contributed by atoms with Crippen LogP contribution in [0.2, 0.25) is 0 Å². The van der Waals surface area contributed by atoms with E-state index in [1.165, 1.54) is 15.7 Å². The summed E-state index contributed by atoms with van der Waals surface area (Å²) >= 11 is 0. The number of likely N-dealkylation sites (tertiary alicyclic amines) is 1. The molecule has 4 rings (SSSR count).